The average molecular weight is 390 g/mol. The fourth-order valence-corrected chi connectivity index (χ4v) is 3.76. The number of benzene rings is 1. The number of halogens is 1. The van der Waals surface area contributed by atoms with E-state index in [1.807, 2.05) is 29.2 Å². The van der Waals surface area contributed by atoms with Gasteiger partial charge in [-0.25, -0.2) is 0 Å². The van der Waals surface area contributed by atoms with E-state index in [0.29, 0.717) is 23.3 Å². The molecule has 0 radical (unpaired) electrons. The van der Waals surface area contributed by atoms with Crippen LogP contribution in [0.3, 0.4) is 0 Å². The monoisotopic (exact) mass is 389 g/mol. The smallest absolute Gasteiger partial charge is 0.241 e. The third kappa shape index (κ3) is 4.48. The van der Waals surface area contributed by atoms with Crippen LogP contribution in [-0.2, 0) is 11.3 Å². The second-order valence-corrected chi connectivity index (χ2v) is 7.56. The van der Waals surface area contributed by atoms with Crippen molar-refractivity contribution in [2.75, 3.05) is 32.7 Å². The van der Waals surface area contributed by atoms with Crippen molar-refractivity contribution < 1.29 is 9.32 Å². The third-order valence-corrected chi connectivity index (χ3v) is 5.47. The molecule has 0 bridgehead atoms. The van der Waals surface area contributed by atoms with Gasteiger partial charge < -0.3 is 14.7 Å². The highest BCUT2D eigenvalue weighted by atomic mass is 35.5. The standard InChI is InChI=1S/C19H24ClN5O2/c20-15-6-4-14(5-7-15)18-22-17(27-23-18)13-24-9-11-25(12-10-24)19(26)16-3-1-2-8-21-16/h4-7,16,21H,1-3,8-13H2. The van der Waals surface area contributed by atoms with Gasteiger partial charge in [-0.15, -0.1) is 0 Å². The number of rotatable bonds is 4. The second-order valence-electron chi connectivity index (χ2n) is 7.12. The van der Waals surface area contributed by atoms with Crippen molar-refractivity contribution in [1.82, 2.24) is 25.3 Å². The third-order valence-electron chi connectivity index (χ3n) is 5.22. The Hall–Kier alpha value is -1.96. The topological polar surface area (TPSA) is 74.5 Å². The van der Waals surface area contributed by atoms with Crippen molar-refractivity contribution in [1.29, 1.82) is 0 Å². The molecule has 8 heteroatoms. The number of piperazine rings is 1. The van der Waals surface area contributed by atoms with Crippen molar-refractivity contribution in [3.8, 4) is 11.4 Å². The molecule has 1 aromatic carbocycles. The summed E-state index contributed by atoms with van der Waals surface area (Å²) in [5, 5.41) is 8.08. The zero-order chi connectivity index (χ0) is 18.6. The lowest BCUT2D eigenvalue weighted by molar-refractivity contribution is -0.135. The molecule has 144 valence electrons. The Balaban J connectivity index is 1.29. The van der Waals surface area contributed by atoms with Crippen LogP contribution in [0.5, 0.6) is 0 Å². The van der Waals surface area contributed by atoms with Gasteiger partial charge in [-0.3, -0.25) is 9.69 Å². The van der Waals surface area contributed by atoms with E-state index in [1.54, 1.807) is 0 Å². The highest BCUT2D eigenvalue weighted by Gasteiger charge is 2.28. The number of nitrogens with zero attached hydrogens (tertiary/aromatic N) is 4. The maximum Gasteiger partial charge on any atom is 0.241 e. The summed E-state index contributed by atoms with van der Waals surface area (Å²) < 4.78 is 5.40. The van der Waals surface area contributed by atoms with Crippen LogP contribution in [0.25, 0.3) is 11.4 Å². The zero-order valence-corrected chi connectivity index (χ0v) is 16.0. The van der Waals surface area contributed by atoms with Crippen LogP contribution in [0.4, 0.5) is 0 Å². The van der Waals surface area contributed by atoms with E-state index in [1.165, 1.54) is 6.42 Å². The molecular weight excluding hydrogens is 366 g/mol. The van der Waals surface area contributed by atoms with Crippen molar-refractivity contribution in [2.45, 2.75) is 31.8 Å². The van der Waals surface area contributed by atoms with Gasteiger partial charge in [-0.2, -0.15) is 4.98 Å². The average Bonchev–Trinajstić information content (AvgIpc) is 3.18. The number of hydrogen-bond donors (Lipinski definition) is 1. The summed E-state index contributed by atoms with van der Waals surface area (Å²) in [7, 11) is 0. The summed E-state index contributed by atoms with van der Waals surface area (Å²) >= 11 is 5.91. The van der Waals surface area contributed by atoms with Gasteiger partial charge in [0.15, 0.2) is 0 Å². The number of hydrogen-bond acceptors (Lipinski definition) is 6. The molecule has 2 saturated heterocycles. The van der Waals surface area contributed by atoms with Crippen molar-refractivity contribution in [3.05, 3.63) is 35.2 Å². The minimum absolute atomic E-state index is 0.00294. The highest BCUT2D eigenvalue weighted by Crippen LogP contribution is 2.19. The van der Waals surface area contributed by atoms with E-state index in [-0.39, 0.29) is 11.9 Å². The number of carbonyl (C=O) groups is 1. The second kappa shape index (κ2) is 8.37. The molecule has 2 aliphatic rings. The molecule has 0 aliphatic carbocycles. The number of amides is 1. The molecular formula is C19H24ClN5O2. The van der Waals surface area contributed by atoms with E-state index in [4.69, 9.17) is 16.1 Å². The number of carbonyl (C=O) groups excluding carboxylic acids is 1. The molecule has 0 spiro atoms. The maximum absolute atomic E-state index is 12.6. The number of nitrogens with one attached hydrogen (secondary N) is 1. The predicted octanol–water partition coefficient (Wildman–Crippen LogP) is 2.18. The molecule has 27 heavy (non-hydrogen) atoms. The first-order valence-corrected chi connectivity index (χ1v) is 9.90. The summed E-state index contributed by atoms with van der Waals surface area (Å²) in [5.74, 6) is 1.41. The first kappa shape index (κ1) is 18.4. The highest BCUT2D eigenvalue weighted by molar-refractivity contribution is 6.30. The Labute approximate surface area is 163 Å². The Morgan fingerprint density at radius 2 is 1.96 bits per heavy atom. The number of aromatic nitrogens is 2. The largest absolute Gasteiger partial charge is 0.339 e. The molecule has 1 amide bonds. The van der Waals surface area contributed by atoms with Gasteiger partial charge in [0.25, 0.3) is 0 Å². The van der Waals surface area contributed by atoms with Crippen LogP contribution in [0, 0.1) is 0 Å². The van der Waals surface area contributed by atoms with Crippen LogP contribution in [0.2, 0.25) is 5.02 Å². The molecule has 4 rings (SSSR count). The summed E-state index contributed by atoms with van der Waals surface area (Å²) in [4.78, 5) is 21.3. The van der Waals surface area contributed by atoms with Gasteiger partial charge in [0.1, 0.15) is 0 Å². The van der Waals surface area contributed by atoms with Crippen LogP contribution in [-0.4, -0.2) is 64.6 Å². The van der Waals surface area contributed by atoms with Crippen molar-refractivity contribution in [2.24, 2.45) is 0 Å². The quantitative estimate of drug-likeness (QED) is 0.863. The molecule has 1 unspecified atom stereocenters. The molecule has 2 aliphatic heterocycles. The lowest BCUT2D eigenvalue weighted by Crippen LogP contribution is -2.54. The lowest BCUT2D eigenvalue weighted by Gasteiger charge is -2.36. The predicted molar refractivity (Wildman–Crippen MR) is 102 cm³/mol. The van der Waals surface area contributed by atoms with Crippen LogP contribution < -0.4 is 5.32 Å². The van der Waals surface area contributed by atoms with E-state index in [9.17, 15) is 4.79 Å². The first-order chi connectivity index (χ1) is 13.2. The Morgan fingerprint density at radius 3 is 2.67 bits per heavy atom. The van der Waals surface area contributed by atoms with Crippen molar-refractivity contribution in [3.63, 3.8) is 0 Å². The van der Waals surface area contributed by atoms with Crippen molar-refractivity contribution >= 4 is 17.5 Å². The van der Waals surface area contributed by atoms with Gasteiger partial charge in [-0.1, -0.05) is 23.2 Å². The molecule has 2 fully saturated rings. The fraction of sp³-hybridized carbons (Fsp3) is 0.526. The molecule has 7 nitrogen and oxygen atoms in total. The molecule has 1 atom stereocenters. The summed E-state index contributed by atoms with van der Waals surface area (Å²) in [6.07, 6.45) is 3.25. The van der Waals surface area contributed by atoms with Crippen LogP contribution in [0.1, 0.15) is 25.2 Å². The maximum atomic E-state index is 12.6. The lowest BCUT2D eigenvalue weighted by atomic mass is 10.0. The molecule has 0 saturated carbocycles. The fourth-order valence-electron chi connectivity index (χ4n) is 3.64. The Kier molecular flexibility index (Phi) is 5.71. The van der Waals surface area contributed by atoms with E-state index in [0.717, 1.165) is 51.1 Å². The van der Waals surface area contributed by atoms with Gasteiger partial charge in [0.2, 0.25) is 17.6 Å². The Bertz CT molecular complexity index is 765. The van der Waals surface area contributed by atoms with Gasteiger partial charge >= 0.3 is 0 Å². The van der Waals surface area contributed by atoms with Crippen LogP contribution in [0.15, 0.2) is 28.8 Å². The Morgan fingerprint density at radius 1 is 1.19 bits per heavy atom. The normalized spacial score (nSPS) is 21.4. The SMILES string of the molecule is O=C(C1CCCCN1)N1CCN(Cc2nc(-c3ccc(Cl)cc3)no2)CC1. The van der Waals surface area contributed by atoms with Crippen LogP contribution >= 0.6 is 11.6 Å². The van der Waals surface area contributed by atoms with Gasteiger partial charge in [0, 0.05) is 36.8 Å². The minimum Gasteiger partial charge on any atom is -0.339 e. The minimum atomic E-state index is 0.00294. The zero-order valence-electron chi connectivity index (χ0n) is 15.2. The van der Waals surface area contributed by atoms with Gasteiger partial charge in [0.05, 0.1) is 12.6 Å². The van der Waals surface area contributed by atoms with Gasteiger partial charge in [-0.05, 0) is 43.7 Å². The van der Waals surface area contributed by atoms with E-state index >= 15 is 0 Å². The van der Waals surface area contributed by atoms with E-state index in [2.05, 4.69) is 20.4 Å². The number of piperidine rings is 1. The van der Waals surface area contributed by atoms with E-state index < -0.39 is 0 Å². The molecule has 3 heterocycles. The molecule has 1 aromatic heterocycles. The molecule has 1 N–H and O–H groups in total. The summed E-state index contributed by atoms with van der Waals surface area (Å²) in [5.41, 5.74) is 0.879. The first-order valence-electron chi connectivity index (χ1n) is 9.52. The summed E-state index contributed by atoms with van der Waals surface area (Å²) in [6.45, 7) is 4.67. The molecule has 2 aromatic rings. The summed E-state index contributed by atoms with van der Waals surface area (Å²) in [6, 6.07) is 7.37.